The van der Waals surface area contributed by atoms with Crippen LogP contribution in [-0.2, 0) is 9.59 Å². The Morgan fingerprint density at radius 3 is 2.55 bits per heavy atom. The Morgan fingerprint density at radius 1 is 1.35 bits per heavy atom. The van der Waals surface area contributed by atoms with Crippen LogP contribution in [0.15, 0.2) is 29.2 Å². The zero-order valence-corrected chi connectivity index (χ0v) is 11.6. The molecule has 5 N–H and O–H groups in total. The van der Waals surface area contributed by atoms with Gasteiger partial charge in [0.25, 0.3) is 0 Å². The zero-order valence-electron chi connectivity index (χ0n) is 10.8. The fraction of sp³-hybridized carbons (Fsp3) is 0.250. The number of primary amides is 1. The number of carboxylic acid groups (broad SMARTS) is 1. The van der Waals surface area contributed by atoms with Gasteiger partial charge in [0, 0.05) is 4.90 Å². The lowest BCUT2D eigenvalue weighted by Crippen LogP contribution is -2.45. The average Bonchev–Trinajstić information content (AvgIpc) is 2.37. The Kier molecular flexibility index (Phi) is 5.85. The number of thioether (sulfide) groups is 1. The Hall–Kier alpha value is -2.22. The first-order chi connectivity index (χ1) is 9.43. The van der Waals surface area contributed by atoms with Crippen molar-refractivity contribution < 1.29 is 19.5 Å². The molecule has 8 heteroatoms. The maximum Gasteiger partial charge on any atom is 0.326 e. The first kappa shape index (κ1) is 15.8. The van der Waals surface area contributed by atoms with Gasteiger partial charge in [0.15, 0.2) is 0 Å². The Bertz CT molecular complexity index is 521. The number of hydrogen-bond donors (Lipinski definition) is 4. The van der Waals surface area contributed by atoms with Crippen LogP contribution in [0.3, 0.4) is 0 Å². The number of hydrogen-bond acceptors (Lipinski definition) is 4. The molecule has 0 heterocycles. The lowest BCUT2D eigenvalue weighted by Gasteiger charge is -2.14. The van der Waals surface area contributed by atoms with Crippen LogP contribution in [0.1, 0.15) is 6.42 Å². The number of benzene rings is 1. The highest BCUT2D eigenvalue weighted by Gasteiger charge is 2.22. The number of carbonyl (C=O) groups excluding carboxylic acids is 2. The maximum absolute atomic E-state index is 11.7. The van der Waals surface area contributed by atoms with E-state index >= 15 is 0 Å². The molecule has 0 fully saturated rings. The number of aliphatic carboxylic acids is 1. The van der Waals surface area contributed by atoms with Crippen molar-refractivity contribution in [1.29, 1.82) is 0 Å². The lowest BCUT2D eigenvalue weighted by molar-refractivity contribution is -0.140. The third kappa shape index (κ3) is 4.81. The molecule has 0 radical (unpaired) electrons. The van der Waals surface area contributed by atoms with Crippen molar-refractivity contribution in [2.24, 2.45) is 5.73 Å². The van der Waals surface area contributed by atoms with E-state index in [4.69, 9.17) is 10.8 Å². The number of para-hydroxylation sites is 1. The van der Waals surface area contributed by atoms with Gasteiger partial charge >= 0.3 is 12.0 Å². The van der Waals surface area contributed by atoms with Gasteiger partial charge < -0.3 is 21.5 Å². The summed E-state index contributed by atoms with van der Waals surface area (Å²) in [5, 5.41) is 13.6. The number of amides is 3. The monoisotopic (exact) mass is 297 g/mol. The summed E-state index contributed by atoms with van der Waals surface area (Å²) in [6.45, 7) is 0. The van der Waals surface area contributed by atoms with Crippen molar-refractivity contribution in [3.63, 3.8) is 0 Å². The van der Waals surface area contributed by atoms with Gasteiger partial charge in [-0.3, -0.25) is 4.79 Å². The van der Waals surface area contributed by atoms with Crippen molar-refractivity contribution >= 4 is 35.4 Å². The molecular formula is C12H15N3O4S. The first-order valence-electron chi connectivity index (χ1n) is 5.65. The number of carboxylic acids is 1. The van der Waals surface area contributed by atoms with E-state index in [0.717, 1.165) is 4.90 Å². The highest BCUT2D eigenvalue weighted by atomic mass is 32.2. The molecule has 1 atom stereocenters. The maximum atomic E-state index is 11.7. The second kappa shape index (κ2) is 7.39. The molecule has 108 valence electrons. The van der Waals surface area contributed by atoms with Gasteiger partial charge in [-0.2, -0.15) is 0 Å². The molecule has 7 nitrogen and oxygen atoms in total. The quantitative estimate of drug-likeness (QED) is 0.580. The van der Waals surface area contributed by atoms with Gasteiger partial charge in [-0.15, -0.1) is 11.8 Å². The van der Waals surface area contributed by atoms with E-state index in [-0.39, 0.29) is 0 Å². The van der Waals surface area contributed by atoms with Crippen LogP contribution in [0, 0.1) is 0 Å². The van der Waals surface area contributed by atoms with Crippen LogP contribution >= 0.6 is 11.8 Å². The second-order valence-electron chi connectivity index (χ2n) is 3.86. The zero-order chi connectivity index (χ0) is 15.1. The molecule has 0 aromatic heterocycles. The summed E-state index contributed by atoms with van der Waals surface area (Å²) in [4.78, 5) is 34.2. The SMILES string of the molecule is CSc1ccccc1NC(=O)N[C@@H](CC(N)=O)C(=O)O. The smallest absolute Gasteiger partial charge is 0.326 e. The molecule has 0 unspecified atom stereocenters. The predicted molar refractivity (Wildman–Crippen MR) is 75.6 cm³/mol. The summed E-state index contributed by atoms with van der Waals surface area (Å²) in [6, 6.07) is 5.01. The number of urea groups is 1. The number of nitrogens with two attached hydrogens (primary N) is 1. The molecule has 0 bridgehead atoms. The Balaban J connectivity index is 2.70. The van der Waals surface area contributed by atoms with E-state index in [1.807, 2.05) is 18.4 Å². The van der Waals surface area contributed by atoms with Crippen LogP contribution in [0.2, 0.25) is 0 Å². The normalized spacial score (nSPS) is 11.4. The van der Waals surface area contributed by atoms with Crippen LogP contribution in [0.4, 0.5) is 10.5 Å². The molecule has 0 saturated heterocycles. The molecule has 0 saturated carbocycles. The second-order valence-corrected chi connectivity index (χ2v) is 4.71. The number of nitrogens with one attached hydrogen (secondary N) is 2. The molecule has 3 amide bonds. The van der Waals surface area contributed by atoms with E-state index in [1.54, 1.807) is 12.1 Å². The molecular weight excluding hydrogens is 282 g/mol. The molecule has 0 aliphatic heterocycles. The highest BCUT2D eigenvalue weighted by molar-refractivity contribution is 7.98. The van der Waals surface area contributed by atoms with Gasteiger partial charge in [0.1, 0.15) is 6.04 Å². The summed E-state index contributed by atoms with van der Waals surface area (Å²) in [5.41, 5.74) is 5.48. The van der Waals surface area contributed by atoms with E-state index in [0.29, 0.717) is 5.69 Å². The molecule has 0 aliphatic rings. The highest BCUT2D eigenvalue weighted by Crippen LogP contribution is 2.24. The van der Waals surface area contributed by atoms with Crippen LogP contribution in [0.5, 0.6) is 0 Å². The van der Waals surface area contributed by atoms with Crippen LogP contribution < -0.4 is 16.4 Å². The van der Waals surface area contributed by atoms with Crippen molar-refractivity contribution in [2.45, 2.75) is 17.4 Å². The van der Waals surface area contributed by atoms with Crippen molar-refractivity contribution in [1.82, 2.24) is 5.32 Å². The molecule has 0 aliphatic carbocycles. The fourth-order valence-electron chi connectivity index (χ4n) is 1.47. The summed E-state index contributed by atoms with van der Waals surface area (Å²) in [6.07, 6.45) is 1.39. The predicted octanol–water partition coefficient (Wildman–Crippen LogP) is 0.859. The standard InChI is InChI=1S/C12H15N3O4S/c1-20-9-5-3-2-4-7(9)14-12(19)15-8(11(17)18)6-10(13)16/h2-5,8H,6H2,1H3,(H2,13,16)(H,17,18)(H2,14,15,19)/t8-/m0/s1. The van der Waals surface area contributed by atoms with Gasteiger partial charge in [-0.05, 0) is 18.4 Å². The van der Waals surface area contributed by atoms with E-state index in [2.05, 4.69) is 10.6 Å². The van der Waals surface area contributed by atoms with Crippen LogP contribution in [-0.4, -0.2) is 35.3 Å². The Morgan fingerprint density at radius 2 is 2.00 bits per heavy atom. The molecule has 20 heavy (non-hydrogen) atoms. The number of rotatable bonds is 6. The minimum Gasteiger partial charge on any atom is -0.480 e. The fourth-order valence-corrected chi connectivity index (χ4v) is 2.02. The summed E-state index contributed by atoms with van der Waals surface area (Å²) in [5.74, 6) is -2.13. The molecule has 1 aromatic carbocycles. The largest absolute Gasteiger partial charge is 0.480 e. The van der Waals surface area contributed by atoms with Gasteiger partial charge in [0.05, 0.1) is 12.1 Å². The average molecular weight is 297 g/mol. The molecule has 1 rings (SSSR count). The number of anilines is 1. The van der Waals surface area contributed by atoms with Crippen molar-refractivity contribution in [3.05, 3.63) is 24.3 Å². The number of carbonyl (C=O) groups is 3. The van der Waals surface area contributed by atoms with Gasteiger partial charge in [-0.1, -0.05) is 12.1 Å². The van der Waals surface area contributed by atoms with E-state index in [9.17, 15) is 14.4 Å². The third-order valence-electron chi connectivity index (χ3n) is 2.36. The van der Waals surface area contributed by atoms with Crippen LogP contribution in [0.25, 0.3) is 0 Å². The molecule has 0 spiro atoms. The summed E-state index contributed by atoms with van der Waals surface area (Å²) < 4.78 is 0. The van der Waals surface area contributed by atoms with Crippen molar-refractivity contribution in [2.75, 3.05) is 11.6 Å². The first-order valence-corrected chi connectivity index (χ1v) is 6.88. The van der Waals surface area contributed by atoms with Gasteiger partial charge in [0.2, 0.25) is 5.91 Å². The van der Waals surface area contributed by atoms with E-state index in [1.165, 1.54) is 11.8 Å². The summed E-state index contributed by atoms with van der Waals surface area (Å²) in [7, 11) is 0. The lowest BCUT2D eigenvalue weighted by atomic mass is 10.2. The molecule has 1 aromatic rings. The topological polar surface area (TPSA) is 122 Å². The minimum atomic E-state index is -1.35. The van der Waals surface area contributed by atoms with Crippen molar-refractivity contribution in [3.8, 4) is 0 Å². The Labute approximate surface area is 119 Å². The van der Waals surface area contributed by atoms with Gasteiger partial charge in [-0.25, -0.2) is 9.59 Å². The summed E-state index contributed by atoms with van der Waals surface area (Å²) >= 11 is 1.44. The minimum absolute atomic E-state index is 0.465. The third-order valence-corrected chi connectivity index (χ3v) is 3.16. The van der Waals surface area contributed by atoms with E-state index < -0.39 is 30.4 Å².